The van der Waals surface area contributed by atoms with Crippen molar-refractivity contribution in [1.82, 2.24) is 10.2 Å². The topological polar surface area (TPSA) is 49.4 Å². The number of fused-ring (bicyclic) bond motifs is 2. The van der Waals surface area contributed by atoms with Gasteiger partial charge < -0.3 is 10.2 Å². The van der Waals surface area contributed by atoms with Crippen LogP contribution >= 0.6 is 0 Å². The third kappa shape index (κ3) is 4.92. The molecule has 0 bridgehead atoms. The third-order valence-corrected chi connectivity index (χ3v) is 6.47. The molecule has 1 saturated heterocycles. The molecule has 1 heterocycles. The number of amides is 2. The Labute approximate surface area is 179 Å². The summed E-state index contributed by atoms with van der Waals surface area (Å²) in [5.74, 6) is 0.807. The second-order valence-electron chi connectivity index (χ2n) is 8.54. The molecule has 0 radical (unpaired) electrons. The van der Waals surface area contributed by atoms with Gasteiger partial charge in [-0.05, 0) is 67.2 Å². The molecule has 1 aliphatic carbocycles. The average Bonchev–Trinajstić information content (AvgIpc) is 2.79. The Balaban J connectivity index is 1.20. The predicted octanol–water partition coefficient (Wildman–Crippen LogP) is 4.98. The fourth-order valence-corrected chi connectivity index (χ4v) is 4.92. The summed E-state index contributed by atoms with van der Waals surface area (Å²) in [6.07, 6.45) is 10.4. The smallest absolute Gasteiger partial charge is 0.226 e. The molecule has 1 atom stereocenters. The highest BCUT2D eigenvalue weighted by atomic mass is 16.2. The lowest BCUT2D eigenvalue weighted by Gasteiger charge is -2.38. The predicted molar refractivity (Wildman–Crippen MR) is 121 cm³/mol. The molecule has 0 aromatic heterocycles. The Morgan fingerprint density at radius 1 is 1.00 bits per heavy atom. The van der Waals surface area contributed by atoms with E-state index in [1.807, 2.05) is 11.0 Å². The summed E-state index contributed by atoms with van der Waals surface area (Å²) in [5, 5.41) is 5.50. The van der Waals surface area contributed by atoms with Crippen molar-refractivity contribution >= 4 is 22.6 Å². The molecule has 1 N–H and O–H groups in total. The maximum atomic E-state index is 12.7. The van der Waals surface area contributed by atoms with Gasteiger partial charge in [0.05, 0.1) is 0 Å². The molecule has 1 fully saturated rings. The van der Waals surface area contributed by atoms with Gasteiger partial charge in [-0.25, -0.2) is 0 Å². The van der Waals surface area contributed by atoms with Crippen molar-refractivity contribution in [3.8, 4) is 0 Å². The van der Waals surface area contributed by atoms with Gasteiger partial charge in [-0.15, -0.1) is 0 Å². The minimum Gasteiger partial charge on any atom is -0.356 e. The lowest BCUT2D eigenvalue weighted by atomic mass is 9.85. The zero-order valence-corrected chi connectivity index (χ0v) is 17.7. The van der Waals surface area contributed by atoms with Gasteiger partial charge >= 0.3 is 0 Å². The van der Waals surface area contributed by atoms with Crippen LogP contribution in [0.4, 0.5) is 0 Å². The van der Waals surface area contributed by atoms with Crippen LogP contribution in [0.5, 0.6) is 0 Å². The van der Waals surface area contributed by atoms with Crippen LogP contribution < -0.4 is 5.32 Å². The largest absolute Gasteiger partial charge is 0.356 e. The zero-order chi connectivity index (χ0) is 20.8. The van der Waals surface area contributed by atoms with E-state index < -0.39 is 0 Å². The van der Waals surface area contributed by atoms with E-state index >= 15 is 0 Å². The lowest BCUT2D eigenvalue weighted by Crippen LogP contribution is -2.39. The number of hydrogen-bond acceptors (Lipinski definition) is 2. The number of carbonyl (C=O) groups is 2. The second kappa shape index (κ2) is 9.92. The summed E-state index contributed by atoms with van der Waals surface area (Å²) < 4.78 is 0. The molecule has 0 spiro atoms. The normalized spacial score (nSPS) is 18.6. The number of nitrogens with zero attached hydrogens (tertiary/aromatic N) is 1. The van der Waals surface area contributed by atoms with Crippen molar-refractivity contribution in [2.24, 2.45) is 5.92 Å². The van der Waals surface area contributed by atoms with Gasteiger partial charge in [-0.3, -0.25) is 9.59 Å². The fraction of sp³-hybridized carbons (Fsp3) is 0.462. The van der Waals surface area contributed by atoms with Crippen molar-refractivity contribution in [2.75, 3.05) is 13.1 Å². The van der Waals surface area contributed by atoms with Crippen LogP contribution in [0.2, 0.25) is 0 Å². The summed E-state index contributed by atoms with van der Waals surface area (Å²) in [6.45, 7) is 1.47. The maximum Gasteiger partial charge on any atom is 0.226 e. The third-order valence-electron chi connectivity index (χ3n) is 6.47. The van der Waals surface area contributed by atoms with Gasteiger partial charge in [0.15, 0.2) is 0 Å². The highest BCUT2D eigenvalue weighted by molar-refractivity contribution is 5.85. The van der Waals surface area contributed by atoms with E-state index in [4.69, 9.17) is 0 Å². The SMILES string of the molecule is O=C(CCCC(=O)N1CCCC2CCCC=C21)NCCc1cccc2ccccc12. The standard InChI is InChI=1S/C26H32N2O2/c29-25(27-18-17-21-11-5-10-20-8-1-3-13-23(20)21)15-6-16-26(30)28-19-7-12-22-9-2-4-14-24(22)28/h1,3,5,8,10-11,13-14,22H,2,4,6-7,9,12,15-19H2,(H,27,29). The van der Waals surface area contributed by atoms with E-state index in [2.05, 4.69) is 47.8 Å². The van der Waals surface area contributed by atoms with Crippen molar-refractivity contribution in [1.29, 1.82) is 0 Å². The minimum absolute atomic E-state index is 0.0384. The molecular formula is C26H32N2O2. The summed E-state index contributed by atoms with van der Waals surface area (Å²) in [7, 11) is 0. The van der Waals surface area contributed by atoms with Gasteiger partial charge in [0.1, 0.15) is 0 Å². The molecule has 2 aliphatic rings. The maximum absolute atomic E-state index is 12.7. The van der Waals surface area contributed by atoms with Gasteiger partial charge in [-0.1, -0.05) is 48.5 Å². The van der Waals surface area contributed by atoms with E-state index in [-0.39, 0.29) is 11.8 Å². The van der Waals surface area contributed by atoms with Gasteiger partial charge in [0.2, 0.25) is 11.8 Å². The first-order valence-electron chi connectivity index (χ1n) is 11.5. The van der Waals surface area contributed by atoms with Crippen LogP contribution in [0, 0.1) is 5.92 Å². The van der Waals surface area contributed by atoms with Crippen LogP contribution in [0.1, 0.15) is 56.9 Å². The molecule has 2 aromatic carbocycles. The van der Waals surface area contributed by atoms with Crippen LogP contribution in [-0.4, -0.2) is 29.8 Å². The van der Waals surface area contributed by atoms with E-state index in [1.165, 1.54) is 41.3 Å². The number of benzene rings is 2. The Morgan fingerprint density at radius 3 is 2.77 bits per heavy atom. The molecule has 4 rings (SSSR count). The number of piperidine rings is 1. The molecule has 1 unspecified atom stereocenters. The Bertz CT molecular complexity index is 928. The van der Waals surface area contributed by atoms with Gasteiger partial charge in [0, 0.05) is 31.6 Å². The van der Waals surface area contributed by atoms with E-state index in [0.29, 0.717) is 31.7 Å². The fourth-order valence-electron chi connectivity index (χ4n) is 4.92. The van der Waals surface area contributed by atoms with Crippen molar-refractivity contribution in [3.63, 3.8) is 0 Å². The van der Waals surface area contributed by atoms with Crippen LogP contribution in [0.3, 0.4) is 0 Å². The molecule has 1 aliphatic heterocycles. The molecule has 4 nitrogen and oxygen atoms in total. The minimum atomic E-state index is 0.0384. The Hall–Kier alpha value is -2.62. The Morgan fingerprint density at radius 2 is 1.83 bits per heavy atom. The summed E-state index contributed by atoms with van der Waals surface area (Å²) in [5.41, 5.74) is 2.51. The monoisotopic (exact) mass is 404 g/mol. The lowest BCUT2D eigenvalue weighted by molar-refractivity contribution is -0.130. The summed E-state index contributed by atoms with van der Waals surface area (Å²) in [6, 6.07) is 14.6. The van der Waals surface area contributed by atoms with Gasteiger partial charge in [0.25, 0.3) is 0 Å². The van der Waals surface area contributed by atoms with E-state index in [1.54, 1.807) is 0 Å². The zero-order valence-electron chi connectivity index (χ0n) is 17.7. The first-order chi connectivity index (χ1) is 14.7. The molecule has 158 valence electrons. The van der Waals surface area contributed by atoms with Crippen molar-refractivity contribution in [2.45, 2.75) is 57.8 Å². The summed E-state index contributed by atoms with van der Waals surface area (Å²) in [4.78, 5) is 27.0. The molecule has 0 saturated carbocycles. The van der Waals surface area contributed by atoms with Crippen LogP contribution in [0.15, 0.2) is 54.2 Å². The van der Waals surface area contributed by atoms with Crippen molar-refractivity contribution < 1.29 is 9.59 Å². The quantitative estimate of drug-likeness (QED) is 0.708. The summed E-state index contributed by atoms with van der Waals surface area (Å²) >= 11 is 0. The van der Waals surface area contributed by atoms with E-state index in [0.717, 1.165) is 25.8 Å². The number of nitrogens with one attached hydrogen (secondary N) is 1. The Kier molecular flexibility index (Phi) is 6.83. The van der Waals surface area contributed by atoms with E-state index in [9.17, 15) is 9.59 Å². The highest BCUT2D eigenvalue weighted by Gasteiger charge is 2.29. The second-order valence-corrected chi connectivity index (χ2v) is 8.54. The number of likely N-dealkylation sites (tertiary alicyclic amines) is 1. The first kappa shape index (κ1) is 20.6. The van der Waals surface area contributed by atoms with Crippen LogP contribution in [0.25, 0.3) is 10.8 Å². The molecule has 2 aromatic rings. The van der Waals surface area contributed by atoms with Crippen molar-refractivity contribution in [3.05, 3.63) is 59.8 Å². The molecule has 2 amide bonds. The first-order valence-corrected chi connectivity index (χ1v) is 11.5. The van der Waals surface area contributed by atoms with Crippen LogP contribution in [-0.2, 0) is 16.0 Å². The highest BCUT2D eigenvalue weighted by Crippen LogP contribution is 2.35. The number of carbonyl (C=O) groups excluding carboxylic acids is 2. The molecule has 30 heavy (non-hydrogen) atoms. The average molecular weight is 405 g/mol. The van der Waals surface area contributed by atoms with Gasteiger partial charge in [-0.2, -0.15) is 0 Å². The number of hydrogen-bond donors (Lipinski definition) is 1. The number of rotatable bonds is 7. The number of allylic oxidation sites excluding steroid dienone is 2. The molecular weight excluding hydrogens is 372 g/mol. The molecule has 4 heteroatoms.